The lowest BCUT2D eigenvalue weighted by atomic mass is 10.1. The molecule has 0 amide bonds. The molecule has 1 aliphatic heterocycles. The summed E-state index contributed by atoms with van der Waals surface area (Å²) in [6.07, 6.45) is 9.12. The van der Waals surface area contributed by atoms with Gasteiger partial charge in [-0.05, 0) is 18.6 Å². The molecule has 0 aromatic carbocycles. The Hall–Kier alpha value is -0.170. The Labute approximate surface area is 72.3 Å². The van der Waals surface area contributed by atoms with Crippen LogP contribution in [0, 0.1) is 12.3 Å². The molecular formula is C8H14N2S. The maximum atomic E-state index is 5.31. The monoisotopic (exact) mass is 170 g/mol. The maximum absolute atomic E-state index is 5.31. The molecule has 0 aromatic rings. The zero-order valence-electron chi connectivity index (χ0n) is 6.55. The molecule has 1 saturated heterocycles. The lowest BCUT2D eigenvalue weighted by molar-refractivity contribution is 0.552. The number of hydrogen-bond donors (Lipinski definition) is 2. The molecule has 0 saturated carbocycles. The molecule has 3 N–H and O–H groups in total. The molecule has 1 rings (SSSR count). The predicted octanol–water partition coefficient (Wildman–Crippen LogP) is 0.737. The van der Waals surface area contributed by atoms with Crippen molar-refractivity contribution >= 4 is 11.8 Å². The largest absolute Gasteiger partial charge is 0.270 e. The number of nitrogens with one attached hydrogen (secondary N) is 1. The first-order valence-corrected chi connectivity index (χ1v) is 4.97. The minimum Gasteiger partial charge on any atom is -0.270 e. The van der Waals surface area contributed by atoms with Gasteiger partial charge >= 0.3 is 0 Å². The fourth-order valence-corrected chi connectivity index (χ4v) is 2.65. The van der Waals surface area contributed by atoms with Crippen molar-refractivity contribution in [2.75, 3.05) is 5.75 Å². The summed E-state index contributed by atoms with van der Waals surface area (Å²) >= 11 is 1.94. The second-order valence-corrected chi connectivity index (χ2v) is 4.06. The Morgan fingerprint density at radius 3 is 2.91 bits per heavy atom. The van der Waals surface area contributed by atoms with Crippen LogP contribution >= 0.6 is 11.8 Å². The Kier molecular flexibility index (Phi) is 3.78. The van der Waals surface area contributed by atoms with Crippen molar-refractivity contribution < 1.29 is 0 Å². The van der Waals surface area contributed by atoms with Gasteiger partial charge in [-0.2, -0.15) is 11.8 Å². The van der Waals surface area contributed by atoms with Gasteiger partial charge in [-0.15, -0.1) is 6.42 Å². The molecule has 0 radical (unpaired) electrons. The van der Waals surface area contributed by atoms with E-state index >= 15 is 0 Å². The van der Waals surface area contributed by atoms with Crippen LogP contribution in [0.2, 0.25) is 0 Å². The highest BCUT2D eigenvalue weighted by molar-refractivity contribution is 8.00. The average Bonchev–Trinajstić information content (AvgIpc) is 2.09. The molecule has 0 spiro atoms. The molecule has 0 aromatic heterocycles. The molecule has 0 bridgehead atoms. The van der Waals surface area contributed by atoms with Crippen molar-refractivity contribution in [3.8, 4) is 12.3 Å². The summed E-state index contributed by atoms with van der Waals surface area (Å²) in [7, 11) is 0. The standard InChI is InChI=1S/C8H14N2S/c1-2-7(10-9)8-5-3-4-6-11-8/h1,7-8,10H,3-6,9H2. The smallest absolute Gasteiger partial charge is 0.0932 e. The zero-order chi connectivity index (χ0) is 8.10. The van der Waals surface area contributed by atoms with Crippen molar-refractivity contribution in [2.24, 2.45) is 5.84 Å². The third-order valence-corrected chi connectivity index (χ3v) is 3.41. The molecule has 2 nitrogen and oxygen atoms in total. The van der Waals surface area contributed by atoms with E-state index in [1.807, 2.05) is 11.8 Å². The van der Waals surface area contributed by atoms with Crippen molar-refractivity contribution in [3.05, 3.63) is 0 Å². The Morgan fingerprint density at radius 1 is 1.64 bits per heavy atom. The van der Waals surface area contributed by atoms with Crippen LogP contribution in [-0.4, -0.2) is 17.0 Å². The first-order chi connectivity index (χ1) is 5.38. The van der Waals surface area contributed by atoms with Gasteiger partial charge in [0.05, 0.1) is 6.04 Å². The van der Waals surface area contributed by atoms with Crippen molar-refractivity contribution in [2.45, 2.75) is 30.6 Å². The minimum atomic E-state index is 0.0558. The summed E-state index contributed by atoms with van der Waals surface area (Å²) in [4.78, 5) is 0. The van der Waals surface area contributed by atoms with Gasteiger partial charge in [0, 0.05) is 5.25 Å². The number of hydrazine groups is 1. The molecule has 1 fully saturated rings. The molecule has 0 aliphatic carbocycles. The summed E-state index contributed by atoms with van der Waals surface area (Å²) < 4.78 is 0. The molecule has 11 heavy (non-hydrogen) atoms. The summed E-state index contributed by atoms with van der Waals surface area (Å²) in [5, 5.41) is 0.527. The van der Waals surface area contributed by atoms with Crippen LogP contribution in [0.3, 0.4) is 0 Å². The second-order valence-electron chi connectivity index (χ2n) is 2.72. The van der Waals surface area contributed by atoms with E-state index in [2.05, 4.69) is 11.3 Å². The van der Waals surface area contributed by atoms with E-state index < -0.39 is 0 Å². The number of hydrogen-bond acceptors (Lipinski definition) is 3. The first kappa shape index (κ1) is 8.92. The molecule has 2 unspecified atom stereocenters. The van der Waals surface area contributed by atoms with Gasteiger partial charge in [0.1, 0.15) is 0 Å². The fraction of sp³-hybridized carbons (Fsp3) is 0.750. The number of nitrogens with two attached hydrogens (primary N) is 1. The molecule has 3 heteroatoms. The highest BCUT2D eigenvalue weighted by Gasteiger charge is 2.20. The number of rotatable bonds is 2. The SMILES string of the molecule is C#CC(NN)C1CCCCS1. The third kappa shape index (κ3) is 2.41. The summed E-state index contributed by atoms with van der Waals surface area (Å²) in [6, 6.07) is 0.0558. The quantitative estimate of drug-likeness (QED) is 0.365. The van der Waals surface area contributed by atoms with E-state index in [-0.39, 0.29) is 6.04 Å². The lowest BCUT2D eigenvalue weighted by Gasteiger charge is -2.25. The Balaban J connectivity index is 2.38. The van der Waals surface area contributed by atoms with Crippen LogP contribution in [0.15, 0.2) is 0 Å². The summed E-state index contributed by atoms with van der Waals surface area (Å²) in [6.45, 7) is 0. The summed E-state index contributed by atoms with van der Waals surface area (Å²) in [5.74, 6) is 9.20. The van der Waals surface area contributed by atoms with Crippen molar-refractivity contribution in [1.82, 2.24) is 5.43 Å². The van der Waals surface area contributed by atoms with Crippen LogP contribution in [0.25, 0.3) is 0 Å². The molecule has 1 heterocycles. The van der Waals surface area contributed by atoms with Crippen molar-refractivity contribution in [3.63, 3.8) is 0 Å². The third-order valence-electron chi connectivity index (χ3n) is 1.95. The van der Waals surface area contributed by atoms with E-state index in [4.69, 9.17) is 12.3 Å². The topological polar surface area (TPSA) is 38.0 Å². The van der Waals surface area contributed by atoms with Crippen LogP contribution < -0.4 is 11.3 Å². The van der Waals surface area contributed by atoms with Gasteiger partial charge in [0.2, 0.25) is 0 Å². The van der Waals surface area contributed by atoms with E-state index in [1.54, 1.807) is 0 Å². The van der Waals surface area contributed by atoms with E-state index in [9.17, 15) is 0 Å². The fourth-order valence-electron chi connectivity index (χ4n) is 1.29. The average molecular weight is 170 g/mol. The van der Waals surface area contributed by atoms with E-state index in [1.165, 1.54) is 25.0 Å². The van der Waals surface area contributed by atoms with Crippen LogP contribution in [0.1, 0.15) is 19.3 Å². The molecule has 2 atom stereocenters. The van der Waals surface area contributed by atoms with Crippen LogP contribution in [0.5, 0.6) is 0 Å². The van der Waals surface area contributed by atoms with Crippen LogP contribution in [0.4, 0.5) is 0 Å². The maximum Gasteiger partial charge on any atom is 0.0932 e. The highest BCUT2D eigenvalue weighted by atomic mass is 32.2. The van der Waals surface area contributed by atoms with Gasteiger partial charge in [0.25, 0.3) is 0 Å². The second kappa shape index (κ2) is 4.66. The first-order valence-electron chi connectivity index (χ1n) is 3.92. The Morgan fingerprint density at radius 2 is 2.45 bits per heavy atom. The van der Waals surface area contributed by atoms with E-state index in [0.717, 1.165) is 0 Å². The summed E-state index contributed by atoms with van der Waals surface area (Å²) in [5.41, 5.74) is 2.66. The van der Waals surface area contributed by atoms with E-state index in [0.29, 0.717) is 5.25 Å². The van der Waals surface area contributed by atoms with Gasteiger partial charge in [-0.3, -0.25) is 5.84 Å². The zero-order valence-corrected chi connectivity index (χ0v) is 7.36. The Bertz CT molecular complexity index is 147. The molecular weight excluding hydrogens is 156 g/mol. The molecule has 1 aliphatic rings. The lowest BCUT2D eigenvalue weighted by Crippen LogP contribution is -2.42. The number of terminal acetylenes is 1. The normalized spacial score (nSPS) is 27.5. The van der Waals surface area contributed by atoms with Gasteiger partial charge < -0.3 is 0 Å². The van der Waals surface area contributed by atoms with Gasteiger partial charge in [0.15, 0.2) is 0 Å². The highest BCUT2D eigenvalue weighted by Crippen LogP contribution is 2.26. The van der Waals surface area contributed by atoms with Gasteiger partial charge in [-0.25, -0.2) is 5.43 Å². The van der Waals surface area contributed by atoms with Gasteiger partial charge in [-0.1, -0.05) is 12.3 Å². The minimum absolute atomic E-state index is 0.0558. The predicted molar refractivity (Wildman–Crippen MR) is 50.0 cm³/mol. The van der Waals surface area contributed by atoms with Crippen molar-refractivity contribution in [1.29, 1.82) is 0 Å². The van der Waals surface area contributed by atoms with Crippen LogP contribution in [-0.2, 0) is 0 Å². The number of thioether (sulfide) groups is 1. The molecule has 62 valence electrons.